The molecule has 2 heterocycles. The smallest absolute Gasteiger partial charge is 0.251 e. The fourth-order valence-corrected chi connectivity index (χ4v) is 2.50. The fourth-order valence-electron chi connectivity index (χ4n) is 1.78. The van der Waals surface area contributed by atoms with E-state index in [0.29, 0.717) is 12.1 Å². The van der Waals surface area contributed by atoms with E-state index in [1.165, 1.54) is 11.3 Å². The van der Waals surface area contributed by atoms with E-state index in [9.17, 15) is 4.79 Å². The number of aromatic nitrogens is 2. The van der Waals surface area contributed by atoms with Gasteiger partial charge in [-0.2, -0.15) is 0 Å². The lowest BCUT2D eigenvalue weighted by atomic mass is 10.2. The van der Waals surface area contributed by atoms with E-state index in [2.05, 4.69) is 15.3 Å². The van der Waals surface area contributed by atoms with Crippen LogP contribution in [0.5, 0.6) is 0 Å². The van der Waals surface area contributed by atoms with Crippen molar-refractivity contribution in [1.82, 2.24) is 15.3 Å². The quantitative estimate of drug-likeness (QED) is 0.795. The predicted octanol–water partition coefficient (Wildman–Crippen LogP) is 2.62. The Morgan fingerprint density at radius 1 is 1.21 bits per heavy atom. The zero-order valence-corrected chi connectivity index (χ0v) is 10.9. The van der Waals surface area contributed by atoms with Gasteiger partial charge in [-0.3, -0.25) is 9.78 Å². The van der Waals surface area contributed by atoms with Crippen LogP contribution in [0.25, 0.3) is 10.2 Å². The maximum atomic E-state index is 12.0. The van der Waals surface area contributed by atoms with Crippen molar-refractivity contribution in [2.75, 3.05) is 0 Å². The number of benzene rings is 1. The van der Waals surface area contributed by atoms with Crippen LogP contribution in [0.15, 0.2) is 48.2 Å². The van der Waals surface area contributed by atoms with Gasteiger partial charge >= 0.3 is 0 Å². The highest BCUT2D eigenvalue weighted by Gasteiger charge is 2.07. The first-order valence-electron chi connectivity index (χ1n) is 5.83. The lowest BCUT2D eigenvalue weighted by Gasteiger charge is -2.05. The first-order valence-corrected chi connectivity index (χ1v) is 6.71. The topological polar surface area (TPSA) is 54.9 Å². The molecule has 0 aliphatic heterocycles. The van der Waals surface area contributed by atoms with Gasteiger partial charge in [-0.15, -0.1) is 11.3 Å². The van der Waals surface area contributed by atoms with Crippen LogP contribution in [-0.4, -0.2) is 15.9 Å². The average Bonchev–Trinajstić information content (AvgIpc) is 2.93. The molecule has 0 atom stereocenters. The Hall–Kier alpha value is -2.27. The maximum absolute atomic E-state index is 12.0. The van der Waals surface area contributed by atoms with E-state index >= 15 is 0 Å². The van der Waals surface area contributed by atoms with Gasteiger partial charge in [0.25, 0.3) is 5.91 Å². The van der Waals surface area contributed by atoms with Crippen LogP contribution < -0.4 is 5.32 Å². The molecule has 1 amide bonds. The molecule has 2 aromatic heterocycles. The summed E-state index contributed by atoms with van der Waals surface area (Å²) in [6, 6.07) is 9.30. The van der Waals surface area contributed by atoms with E-state index in [4.69, 9.17) is 0 Å². The summed E-state index contributed by atoms with van der Waals surface area (Å²) in [5.74, 6) is -0.0767. The normalized spacial score (nSPS) is 10.5. The molecule has 0 saturated carbocycles. The van der Waals surface area contributed by atoms with Crippen LogP contribution in [-0.2, 0) is 6.54 Å². The first-order chi connectivity index (χ1) is 9.33. The zero-order chi connectivity index (χ0) is 13.1. The number of thiazole rings is 1. The van der Waals surface area contributed by atoms with Crippen molar-refractivity contribution < 1.29 is 4.79 Å². The number of hydrogen-bond acceptors (Lipinski definition) is 4. The second kappa shape index (κ2) is 5.16. The first kappa shape index (κ1) is 11.8. The molecule has 0 aliphatic rings. The van der Waals surface area contributed by atoms with E-state index in [1.807, 2.05) is 24.3 Å². The van der Waals surface area contributed by atoms with Crippen LogP contribution in [0.3, 0.4) is 0 Å². The van der Waals surface area contributed by atoms with E-state index in [0.717, 1.165) is 15.8 Å². The van der Waals surface area contributed by atoms with Gasteiger partial charge < -0.3 is 5.32 Å². The minimum atomic E-state index is -0.0767. The number of nitrogens with one attached hydrogen (secondary N) is 1. The van der Waals surface area contributed by atoms with Gasteiger partial charge in [-0.25, -0.2) is 4.98 Å². The lowest BCUT2D eigenvalue weighted by molar-refractivity contribution is 0.0951. The Morgan fingerprint density at radius 3 is 2.89 bits per heavy atom. The molecule has 0 radical (unpaired) electrons. The Kier molecular flexibility index (Phi) is 3.20. The number of carbonyl (C=O) groups excluding carboxylic acids is 1. The third kappa shape index (κ3) is 2.61. The molecule has 19 heavy (non-hydrogen) atoms. The molecule has 1 aromatic carbocycles. The maximum Gasteiger partial charge on any atom is 0.251 e. The van der Waals surface area contributed by atoms with Crippen molar-refractivity contribution in [2.45, 2.75) is 6.54 Å². The zero-order valence-electron chi connectivity index (χ0n) is 10.0. The van der Waals surface area contributed by atoms with Crippen LogP contribution in [0.4, 0.5) is 0 Å². The molecule has 3 rings (SSSR count). The molecule has 0 aliphatic carbocycles. The summed E-state index contributed by atoms with van der Waals surface area (Å²) in [6.07, 6.45) is 3.43. The monoisotopic (exact) mass is 269 g/mol. The summed E-state index contributed by atoms with van der Waals surface area (Å²) in [7, 11) is 0. The highest BCUT2D eigenvalue weighted by atomic mass is 32.1. The van der Waals surface area contributed by atoms with Crippen LogP contribution >= 0.6 is 11.3 Å². The summed E-state index contributed by atoms with van der Waals surface area (Å²) in [6.45, 7) is 0.502. The Bertz CT molecular complexity index is 709. The van der Waals surface area contributed by atoms with Crippen molar-refractivity contribution >= 4 is 27.5 Å². The second-order valence-corrected chi connectivity index (χ2v) is 4.96. The summed E-state index contributed by atoms with van der Waals surface area (Å²) < 4.78 is 1.02. The largest absolute Gasteiger partial charge is 0.348 e. The Balaban J connectivity index is 1.73. The van der Waals surface area contributed by atoms with Crippen molar-refractivity contribution in [3.05, 3.63) is 59.4 Å². The van der Waals surface area contributed by atoms with E-state index < -0.39 is 0 Å². The number of amides is 1. The molecule has 94 valence electrons. The van der Waals surface area contributed by atoms with Crippen LogP contribution in [0.1, 0.15) is 15.9 Å². The number of fused-ring (bicyclic) bond motifs is 1. The standard InChI is InChI=1S/C14H11N3OS/c18-14(16-8-10-3-5-15-6-4-10)11-1-2-12-13(7-11)19-9-17-12/h1-7,9H,8H2,(H,16,18). The molecule has 0 unspecified atom stereocenters. The molecule has 3 aromatic rings. The van der Waals surface area contributed by atoms with Crippen molar-refractivity contribution in [2.24, 2.45) is 0 Å². The van der Waals surface area contributed by atoms with Gasteiger partial charge in [0.1, 0.15) is 0 Å². The number of nitrogens with zero attached hydrogens (tertiary/aromatic N) is 2. The van der Waals surface area contributed by atoms with Crippen molar-refractivity contribution in [3.8, 4) is 0 Å². The van der Waals surface area contributed by atoms with Gasteiger partial charge in [0, 0.05) is 24.5 Å². The third-order valence-corrected chi connectivity index (χ3v) is 3.59. The molecular weight excluding hydrogens is 258 g/mol. The number of hydrogen-bond donors (Lipinski definition) is 1. The second-order valence-electron chi connectivity index (χ2n) is 4.07. The molecule has 0 saturated heterocycles. The van der Waals surface area contributed by atoms with Crippen LogP contribution in [0, 0.1) is 0 Å². The SMILES string of the molecule is O=C(NCc1ccncc1)c1ccc2ncsc2c1. The molecule has 0 spiro atoms. The average molecular weight is 269 g/mol. The summed E-state index contributed by atoms with van der Waals surface area (Å²) in [4.78, 5) is 20.2. The summed E-state index contributed by atoms with van der Waals surface area (Å²) in [5.41, 5.74) is 4.40. The Labute approximate surface area is 114 Å². The van der Waals surface area contributed by atoms with Gasteiger partial charge in [0.05, 0.1) is 15.7 Å². The molecular formula is C14H11N3OS. The predicted molar refractivity (Wildman–Crippen MR) is 75.0 cm³/mol. The minimum absolute atomic E-state index is 0.0767. The highest BCUT2D eigenvalue weighted by Crippen LogP contribution is 2.19. The molecule has 0 bridgehead atoms. The van der Waals surface area contributed by atoms with Gasteiger partial charge in [-0.05, 0) is 35.9 Å². The van der Waals surface area contributed by atoms with Gasteiger partial charge in [-0.1, -0.05) is 0 Å². The van der Waals surface area contributed by atoms with Crippen molar-refractivity contribution in [3.63, 3.8) is 0 Å². The highest BCUT2D eigenvalue weighted by molar-refractivity contribution is 7.16. The number of rotatable bonds is 3. The summed E-state index contributed by atoms with van der Waals surface area (Å²) in [5, 5.41) is 2.89. The number of pyridine rings is 1. The van der Waals surface area contributed by atoms with Gasteiger partial charge in [0.2, 0.25) is 0 Å². The van der Waals surface area contributed by atoms with E-state index in [-0.39, 0.29) is 5.91 Å². The van der Waals surface area contributed by atoms with E-state index in [1.54, 1.807) is 24.0 Å². The summed E-state index contributed by atoms with van der Waals surface area (Å²) >= 11 is 1.53. The van der Waals surface area contributed by atoms with Crippen LogP contribution in [0.2, 0.25) is 0 Å². The third-order valence-electron chi connectivity index (χ3n) is 2.80. The molecule has 4 nitrogen and oxygen atoms in total. The fraction of sp³-hybridized carbons (Fsp3) is 0.0714. The lowest BCUT2D eigenvalue weighted by Crippen LogP contribution is -2.22. The molecule has 5 heteroatoms. The molecule has 1 N–H and O–H groups in total. The molecule has 0 fully saturated rings. The van der Waals surface area contributed by atoms with Gasteiger partial charge in [0.15, 0.2) is 0 Å². The van der Waals surface area contributed by atoms with Crippen molar-refractivity contribution in [1.29, 1.82) is 0 Å². The minimum Gasteiger partial charge on any atom is -0.348 e. The number of carbonyl (C=O) groups is 1. The Morgan fingerprint density at radius 2 is 2.05 bits per heavy atom.